The van der Waals surface area contributed by atoms with Gasteiger partial charge in [-0.25, -0.2) is 0 Å². The van der Waals surface area contributed by atoms with Crippen molar-refractivity contribution in [1.29, 1.82) is 0 Å². The molecular weight excluding hydrogens is 230 g/mol. The number of hydrogen-bond acceptors (Lipinski definition) is 2. The molecule has 4 heteroatoms. The third-order valence-corrected chi connectivity index (χ3v) is 3.46. The fourth-order valence-electron chi connectivity index (χ4n) is 2.06. The average Bonchev–Trinajstić information content (AvgIpc) is 3.08. The van der Waals surface area contributed by atoms with E-state index in [4.69, 9.17) is 12.2 Å². The number of aromatic amines is 1. The van der Waals surface area contributed by atoms with Crippen molar-refractivity contribution >= 4 is 12.2 Å². The molecule has 0 spiro atoms. The van der Waals surface area contributed by atoms with Gasteiger partial charge in [-0.05, 0) is 37.5 Å². The monoisotopic (exact) mass is 245 g/mol. The summed E-state index contributed by atoms with van der Waals surface area (Å²) in [6, 6.07) is 9.17. The minimum absolute atomic E-state index is 0.585. The van der Waals surface area contributed by atoms with Crippen LogP contribution in [0, 0.1) is 11.7 Å². The summed E-state index contributed by atoms with van der Waals surface area (Å²) in [5.74, 6) is 1.06. The zero-order chi connectivity index (χ0) is 11.8. The van der Waals surface area contributed by atoms with Gasteiger partial charge in [0.25, 0.3) is 0 Å². The van der Waals surface area contributed by atoms with Crippen LogP contribution in [-0.4, -0.2) is 14.8 Å². The Morgan fingerprint density at radius 1 is 1.35 bits per heavy atom. The second-order valence-corrected chi connectivity index (χ2v) is 5.10. The molecule has 0 amide bonds. The summed E-state index contributed by atoms with van der Waals surface area (Å²) in [6.45, 7) is 2.10. The van der Waals surface area contributed by atoms with Gasteiger partial charge in [-0.2, -0.15) is 5.10 Å². The van der Waals surface area contributed by atoms with E-state index in [2.05, 4.69) is 46.0 Å². The Labute approximate surface area is 105 Å². The predicted octanol–water partition coefficient (Wildman–Crippen LogP) is 3.17. The van der Waals surface area contributed by atoms with Gasteiger partial charge in [0.15, 0.2) is 4.77 Å². The van der Waals surface area contributed by atoms with Gasteiger partial charge in [0.05, 0.1) is 0 Å². The van der Waals surface area contributed by atoms with Crippen LogP contribution in [-0.2, 0) is 6.42 Å². The Bertz CT molecular complexity index is 575. The van der Waals surface area contributed by atoms with Crippen molar-refractivity contribution < 1.29 is 0 Å². The highest BCUT2D eigenvalue weighted by Crippen LogP contribution is 2.36. The first-order valence-electron chi connectivity index (χ1n) is 5.95. The second-order valence-electron chi connectivity index (χ2n) is 4.71. The first-order valence-corrected chi connectivity index (χ1v) is 6.36. The molecule has 0 radical (unpaired) electrons. The first-order chi connectivity index (χ1) is 8.24. The molecule has 2 aromatic rings. The van der Waals surface area contributed by atoms with Crippen molar-refractivity contribution in [3.8, 4) is 0 Å². The van der Waals surface area contributed by atoms with Crippen molar-refractivity contribution in [3.63, 3.8) is 0 Å². The predicted molar refractivity (Wildman–Crippen MR) is 69.7 cm³/mol. The van der Waals surface area contributed by atoms with E-state index in [0.29, 0.717) is 6.04 Å². The second kappa shape index (κ2) is 4.11. The first kappa shape index (κ1) is 10.7. The van der Waals surface area contributed by atoms with E-state index in [-0.39, 0.29) is 0 Å². The molecule has 3 rings (SSSR count). The van der Waals surface area contributed by atoms with Gasteiger partial charge >= 0.3 is 0 Å². The Morgan fingerprint density at radius 3 is 2.71 bits per heavy atom. The molecule has 1 aliphatic rings. The smallest absolute Gasteiger partial charge is 0.195 e. The molecule has 0 unspecified atom stereocenters. The molecule has 0 atom stereocenters. The lowest BCUT2D eigenvalue weighted by Crippen LogP contribution is -2.02. The Morgan fingerprint density at radius 2 is 2.06 bits per heavy atom. The third kappa shape index (κ3) is 2.17. The highest BCUT2D eigenvalue weighted by Gasteiger charge is 2.27. The van der Waals surface area contributed by atoms with Crippen molar-refractivity contribution in [3.05, 3.63) is 46.0 Å². The van der Waals surface area contributed by atoms with Crippen LogP contribution in [0.25, 0.3) is 0 Å². The molecular formula is C13H15N3S. The summed E-state index contributed by atoms with van der Waals surface area (Å²) >= 11 is 5.27. The third-order valence-electron chi connectivity index (χ3n) is 3.17. The van der Waals surface area contributed by atoms with Crippen LogP contribution >= 0.6 is 12.2 Å². The number of hydrogen-bond donors (Lipinski definition) is 1. The van der Waals surface area contributed by atoms with Crippen LogP contribution < -0.4 is 0 Å². The molecule has 17 heavy (non-hydrogen) atoms. The quantitative estimate of drug-likeness (QED) is 0.843. The van der Waals surface area contributed by atoms with Crippen molar-refractivity contribution in [2.75, 3.05) is 0 Å². The topological polar surface area (TPSA) is 33.6 Å². The lowest BCUT2D eigenvalue weighted by Gasteiger charge is -2.05. The summed E-state index contributed by atoms with van der Waals surface area (Å²) in [5, 5.41) is 7.25. The lowest BCUT2D eigenvalue weighted by atomic mass is 10.1. The number of aryl methyl sites for hydroxylation is 1. The van der Waals surface area contributed by atoms with Crippen molar-refractivity contribution in [2.24, 2.45) is 0 Å². The number of benzene rings is 1. The largest absolute Gasteiger partial charge is 0.301 e. The molecule has 1 aromatic carbocycles. The fraction of sp³-hybridized carbons (Fsp3) is 0.385. The van der Waals surface area contributed by atoms with E-state index in [1.807, 2.05) is 0 Å². The summed E-state index contributed by atoms with van der Waals surface area (Å²) < 4.78 is 2.93. The number of rotatable bonds is 3. The van der Waals surface area contributed by atoms with Gasteiger partial charge in [0, 0.05) is 12.5 Å². The van der Waals surface area contributed by atoms with Crippen LogP contribution in [0.5, 0.6) is 0 Å². The molecule has 1 heterocycles. The van der Waals surface area contributed by atoms with Gasteiger partial charge in [-0.15, -0.1) is 0 Å². The molecule has 1 fully saturated rings. The Balaban J connectivity index is 1.90. The van der Waals surface area contributed by atoms with Gasteiger partial charge in [0.2, 0.25) is 0 Å². The maximum Gasteiger partial charge on any atom is 0.195 e. The maximum absolute atomic E-state index is 5.27. The molecule has 1 aliphatic carbocycles. The van der Waals surface area contributed by atoms with Gasteiger partial charge in [0.1, 0.15) is 5.82 Å². The van der Waals surface area contributed by atoms with Gasteiger partial charge in [-0.1, -0.05) is 29.8 Å². The van der Waals surface area contributed by atoms with E-state index in [0.717, 1.165) is 17.0 Å². The lowest BCUT2D eigenvalue weighted by molar-refractivity contribution is 0.686. The molecule has 88 valence electrons. The molecule has 3 nitrogen and oxygen atoms in total. The van der Waals surface area contributed by atoms with Crippen LogP contribution in [0.4, 0.5) is 0 Å². The van der Waals surface area contributed by atoms with E-state index in [9.17, 15) is 0 Å². The summed E-state index contributed by atoms with van der Waals surface area (Å²) in [7, 11) is 0. The number of nitrogens with one attached hydrogen (secondary N) is 1. The molecule has 0 aliphatic heterocycles. The molecule has 1 saturated carbocycles. The van der Waals surface area contributed by atoms with Crippen LogP contribution in [0.2, 0.25) is 0 Å². The highest BCUT2D eigenvalue weighted by molar-refractivity contribution is 7.71. The van der Waals surface area contributed by atoms with E-state index >= 15 is 0 Å². The van der Waals surface area contributed by atoms with E-state index in [1.54, 1.807) is 0 Å². The SMILES string of the molecule is Cc1ccc(Cc2n[nH]c(=S)n2C2CC2)cc1. The highest BCUT2D eigenvalue weighted by atomic mass is 32.1. The van der Waals surface area contributed by atoms with Gasteiger partial charge < -0.3 is 4.57 Å². The van der Waals surface area contributed by atoms with E-state index in [1.165, 1.54) is 24.0 Å². The normalized spacial score (nSPS) is 15.1. The van der Waals surface area contributed by atoms with Crippen molar-refractivity contribution in [1.82, 2.24) is 14.8 Å². The fourth-order valence-corrected chi connectivity index (χ4v) is 2.36. The maximum atomic E-state index is 5.27. The average molecular weight is 245 g/mol. The zero-order valence-electron chi connectivity index (χ0n) is 9.81. The standard InChI is InChI=1S/C13H15N3S/c1-9-2-4-10(5-3-9)8-12-14-15-13(17)16(12)11-6-7-11/h2-5,11H,6-8H2,1H3,(H,15,17). The number of H-pyrrole nitrogens is 1. The van der Waals surface area contributed by atoms with Crippen LogP contribution in [0.1, 0.15) is 35.8 Å². The van der Waals surface area contributed by atoms with Crippen LogP contribution in [0.15, 0.2) is 24.3 Å². The molecule has 0 bridgehead atoms. The number of aromatic nitrogens is 3. The van der Waals surface area contributed by atoms with Crippen LogP contribution in [0.3, 0.4) is 0 Å². The minimum Gasteiger partial charge on any atom is -0.301 e. The number of nitrogens with zero attached hydrogens (tertiary/aromatic N) is 2. The summed E-state index contributed by atoms with van der Waals surface area (Å²) in [4.78, 5) is 0. The van der Waals surface area contributed by atoms with E-state index < -0.39 is 0 Å². The summed E-state index contributed by atoms with van der Waals surface area (Å²) in [5.41, 5.74) is 2.57. The Kier molecular flexibility index (Phi) is 2.59. The molecule has 1 aromatic heterocycles. The summed E-state index contributed by atoms with van der Waals surface area (Å²) in [6.07, 6.45) is 3.31. The zero-order valence-corrected chi connectivity index (χ0v) is 10.6. The van der Waals surface area contributed by atoms with Crippen molar-refractivity contribution in [2.45, 2.75) is 32.2 Å². The molecule has 1 N–H and O–H groups in total. The Hall–Kier alpha value is -1.42. The van der Waals surface area contributed by atoms with Gasteiger partial charge in [-0.3, -0.25) is 5.10 Å². The minimum atomic E-state index is 0.585. The molecule has 0 saturated heterocycles.